The second-order valence-electron chi connectivity index (χ2n) is 6.36. The first kappa shape index (κ1) is 15.8. The summed E-state index contributed by atoms with van der Waals surface area (Å²) < 4.78 is 43.5. The fourth-order valence-corrected chi connectivity index (χ4v) is 2.93. The summed E-state index contributed by atoms with van der Waals surface area (Å²) in [5.74, 6) is 0.862. The van der Waals surface area contributed by atoms with Crippen LogP contribution in [0.5, 0.6) is 0 Å². The SMILES string of the molecule is FC(F)(F)c1cc(C2CCCN(CCOCC3CC3)C2)[nH]n1. The molecule has 2 heterocycles. The Morgan fingerprint density at radius 1 is 1.32 bits per heavy atom. The molecule has 1 unspecified atom stereocenters. The minimum absolute atomic E-state index is 0.0979. The van der Waals surface area contributed by atoms with E-state index in [4.69, 9.17) is 4.74 Å². The van der Waals surface area contributed by atoms with Gasteiger partial charge in [0, 0.05) is 31.3 Å². The lowest BCUT2D eigenvalue weighted by atomic mass is 9.94. The summed E-state index contributed by atoms with van der Waals surface area (Å²) in [6.07, 6.45) is 0.0899. The highest BCUT2D eigenvalue weighted by Gasteiger charge is 2.35. The van der Waals surface area contributed by atoms with Gasteiger partial charge in [0.05, 0.1) is 6.61 Å². The number of hydrogen-bond acceptors (Lipinski definition) is 3. The van der Waals surface area contributed by atoms with Crippen molar-refractivity contribution >= 4 is 0 Å². The topological polar surface area (TPSA) is 41.1 Å². The average Bonchev–Trinajstić information content (AvgIpc) is 3.15. The largest absolute Gasteiger partial charge is 0.435 e. The predicted octanol–water partition coefficient (Wildman–Crippen LogP) is 3.03. The molecule has 3 rings (SSSR count). The number of aromatic nitrogens is 2. The zero-order valence-corrected chi connectivity index (χ0v) is 12.5. The van der Waals surface area contributed by atoms with Crippen molar-refractivity contribution in [1.29, 1.82) is 0 Å². The van der Waals surface area contributed by atoms with Crippen molar-refractivity contribution < 1.29 is 17.9 Å². The van der Waals surface area contributed by atoms with Gasteiger partial charge in [-0.05, 0) is 44.2 Å². The summed E-state index contributed by atoms with van der Waals surface area (Å²) in [5, 5.41) is 5.96. The number of piperidine rings is 1. The Kier molecular flexibility index (Phi) is 4.73. The molecule has 22 heavy (non-hydrogen) atoms. The Bertz CT molecular complexity index is 485. The molecule has 0 amide bonds. The van der Waals surface area contributed by atoms with Gasteiger partial charge in [-0.15, -0.1) is 0 Å². The molecular formula is C15H22F3N3O. The Morgan fingerprint density at radius 3 is 2.82 bits per heavy atom. The van der Waals surface area contributed by atoms with E-state index in [1.165, 1.54) is 12.8 Å². The van der Waals surface area contributed by atoms with Crippen LogP contribution in [-0.2, 0) is 10.9 Å². The van der Waals surface area contributed by atoms with Gasteiger partial charge in [0.25, 0.3) is 0 Å². The maximum Gasteiger partial charge on any atom is 0.435 e. The number of aromatic amines is 1. The molecule has 0 radical (unpaired) electrons. The first-order valence-corrected chi connectivity index (χ1v) is 7.95. The number of H-pyrrole nitrogens is 1. The van der Waals surface area contributed by atoms with Crippen LogP contribution in [0, 0.1) is 5.92 Å². The van der Waals surface area contributed by atoms with E-state index in [1.807, 2.05) is 0 Å². The minimum atomic E-state index is -4.38. The van der Waals surface area contributed by atoms with E-state index in [0.717, 1.165) is 51.1 Å². The van der Waals surface area contributed by atoms with Crippen LogP contribution >= 0.6 is 0 Å². The van der Waals surface area contributed by atoms with Gasteiger partial charge in [0.2, 0.25) is 0 Å². The number of halogens is 3. The summed E-state index contributed by atoms with van der Waals surface area (Å²) in [4.78, 5) is 2.27. The summed E-state index contributed by atoms with van der Waals surface area (Å²) in [6.45, 7) is 4.17. The fraction of sp³-hybridized carbons (Fsp3) is 0.800. The second-order valence-corrected chi connectivity index (χ2v) is 6.36. The first-order valence-electron chi connectivity index (χ1n) is 7.95. The van der Waals surface area contributed by atoms with Crippen LogP contribution in [0.1, 0.15) is 43.0 Å². The standard InChI is InChI=1S/C15H22F3N3O/c16-15(17,18)14-8-13(19-20-14)12-2-1-5-21(9-12)6-7-22-10-11-3-4-11/h8,11-12H,1-7,9-10H2,(H,19,20). The molecule has 1 aromatic heterocycles. The Balaban J connectivity index is 1.48. The van der Waals surface area contributed by atoms with Crippen LogP contribution in [0.25, 0.3) is 0 Å². The third kappa shape index (κ3) is 4.23. The monoisotopic (exact) mass is 317 g/mol. The molecule has 7 heteroatoms. The molecule has 1 atom stereocenters. The first-order chi connectivity index (χ1) is 10.5. The van der Waals surface area contributed by atoms with Gasteiger partial charge >= 0.3 is 6.18 Å². The third-order valence-corrected chi connectivity index (χ3v) is 4.44. The van der Waals surface area contributed by atoms with Crippen LogP contribution in [0.3, 0.4) is 0 Å². The fourth-order valence-electron chi connectivity index (χ4n) is 2.93. The molecule has 124 valence electrons. The van der Waals surface area contributed by atoms with Crippen molar-refractivity contribution in [3.8, 4) is 0 Å². The molecule has 1 aliphatic heterocycles. The van der Waals surface area contributed by atoms with Crippen molar-refractivity contribution in [3.63, 3.8) is 0 Å². The Hall–Kier alpha value is -1.08. The van der Waals surface area contributed by atoms with Gasteiger partial charge in [-0.25, -0.2) is 0 Å². The Labute approximate surface area is 128 Å². The summed E-state index contributed by atoms with van der Waals surface area (Å²) in [7, 11) is 0. The van der Waals surface area contributed by atoms with E-state index < -0.39 is 11.9 Å². The second kappa shape index (κ2) is 6.58. The van der Waals surface area contributed by atoms with Crippen LogP contribution in [0.2, 0.25) is 0 Å². The van der Waals surface area contributed by atoms with Gasteiger partial charge in [-0.3, -0.25) is 5.10 Å². The molecule has 1 saturated carbocycles. The molecule has 1 saturated heterocycles. The quantitative estimate of drug-likeness (QED) is 0.820. The highest BCUT2D eigenvalue weighted by atomic mass is 19.4. The lowest BCUT2D eigenvalue weighted by Gasteiger charge is -2.32. The van der Waals surface area contributed by atoms with Crippen molar-refractivity contribution in [2.24, 2.45) is 5.92 Å². The van der Waals surface area contributed by atoms with Gasteiger partial charge in [-0.2, -0.15) is 18.3 Å². The molecule has 0 spiro atoms. The maximum atomic E-state index is 12.6. The number of likely N-dealkylation sites (tertiary alicyclic amines) is 1. The molecule has 0 bridgehead atoms. The van der Waals surface area contributed by atoms with Crippen LogP contribution in [0.4, 0.5) is 13.2 Å². The lowest BCUT2D eigenvalue weighted by molar-refractivity contribution is -0.141. The number of nitrogens with zero attached hydrogens (tertiary/aromatic N) is 2. The molecule has 0 aromatic carbocycles. The van der Waals surface area contributed by atoms with Gasteiger partial charge < -0.3 is 9.64 Å². The number of alkyl halides is 3. The number of nitrogens with one attached hydrogen (secondary N) is 1. The summed E-state index contributed by atoms with van der Waals surface area (Å²) in [6, 6.07) is 1.15. The normalized spacial score (nSPS) is 23.9. The van der Waals surface area contributed by atoms with Crippen LogP contribution in [-0.4, -0.2) is 47.9 Å². The minimum Gasteiger partial charge on any atom is -0.380 e. The lowest BCUT2D eigenvalue weighted by Crippen LogP contribution is -2.36. The smallest absolute Gasteiger partial charge is 0.380 e. The van der Waals surface area contributed by atoms with E-state index in [-0.39, 0.29) is 5.92 Å². The molecular weight excluding hydrogens is 295 g/mol. The zero-order chi connectivity index (χ0) is 15.6. The number of hydrogen-bond donors (Lipinski definition) is 1. The van der Waals surface area contributed by atoms with E-state index >= 15 is 0 Å². The van der Waals surface area contributed by atoms with Gasteiger partial charge in [-0.1, -0.05) is 0 Å². The maximum absolute atomic E-state index is 12.6. The van der Waals surface area contributed by atoms with E-state index in [0.29, 0.717) is 12.3 Å². The predicted molar refractivity (Wildman–Crippen MR) is 75.5 cm³/mol. The van der Waals surface area contributed by atoms with Crippen molar-refractivity contribution in [1.82, 2.24) is 15.1 Å². The highest BCUT2D eigenvalue weighted by Crippen LogP contribution is 2.32. The third-order valence-electron chi connectivity index (χ3n) is 4.44. The van der Waals surface area contributed by atoms with Crippen LogP contribution < -0.4 is 0 Å². The van der Waals surface area contributed by atoms with Crippen LogP contribution in [0.15, 0.2) is 6.07 Å². The number of rotatable bonds is 6. The number of ether oxygens (including phenoxy) is 1. The van der Waals surface area contributed by atoms with Crippen molar-refractivity contribution in [3.05, 3.63) is 17.5 Å². The Morgan fingerprint density at radius 2 is 2.14 bits per heavy atom. The van der Waals surface area contributed by atoms with E-state index in [2.05, 4.69) is 15.1 Å². The zero-order valence-electron chi connectivity index (χ0n) is 12.5. The molecule has 2 fully saturated rings. The molecule has 4 nitrogen and oxygen atoms in total. The summed E-state index contributed by atoms with van der Waals surface area (Å²) in [5.41, 5.74) is -0.233. The van der Waals surface area contributed by atoms with E-state index in [9.17, 15) is 13.2 Å². The molecule has 2 aliphatic rings. The molecule has 1 aliphatic carbocycles. The molecule has 1 N–H and O–H groups in total. The summed E-state index contributed by atoms with van der Waals surface area (Å²) >= 11 is 0. The van der Waals surface area contributed by atoms with Gasteiger partial charge in [0.15, 0.2) is 5.69 Å². The van der Waals surface area contributed by atoms with Gasteiger partial charge in [0.1, 0.15) is 0 Å². The van der Waals surface area contributed by atoms with E-state index in [1.54, 1.807) is 0 Å². The average molecular weight is 317 g/mol. The van der Waals surface area contributed by atoms with Crippen molar-refractivity contribution in [2.75, 3.05) is 32.8 Å². The molecule has 1 aromatic rings. The van der Waals surface area contributed by atoms with Crippen molar-refractivity contribution in [2.45, 2.75) is 37.8 Å². The highest BCUT2D eigenvalue weighted by molar-refractivity contribution is 5.16.